The van der Waals surface area contributed by atoms with Crippen molar-refractivity contribution in [2.75, 3.05) is 5.75 Å². The molecule has 13 heavy (non-hydrogen) atoms. The molecule has 2 rings (SSSR count). The zero-order valence-electron chi connectivity index (χ0n) is 7.93. The number of fused-ring (bicyclic) bond motifs is 1. The standard InChI is InChI=1S/C11H13FS/c1-8-4-3-5-9-10(8)13-7-6-11(9,2)12/h3-5H,6-7H2,1-2H3. The van der Waals surface area contributed by atoms with Gasteiger partial charge in [0.05, 0.1) is 0 Å². The summed E-state index contributed by atoms with van der Waals surface area (Å²) in [5.74, 6) is 0.894. The van der Waals surface area contributed by atoms with E-state index in [2.05, 4.69) is 0 Å². The van der Waals surface area contributed by atoms with Crippen LogP contribution in [0.15, 0.2) is 23.1 Å². The van der Waals surface area contributed by atoms with E-state index in [4.69, 9.17) is 0 Å². The van der Waals surface area contributed by atoms with Gasteiger partial charge in [0.25, 0.3) is 0 Å². The lowest BCUT2D eigenvalue weighted by molar-refractivity contribution is 0.180. The van der Waals surface area contributed by atoms with Crippen LogP contribution in [0.2, 0.25) is 0 Å². The lowest BCUT2D eigenvalue weighted by Gasteiger charge is -2.29. The lowest BCUT2D eigenvalue weighted by atomic mass is 9.93. The van der Waals surface area contributed by atoms with E-state index in [0.29, 0.717) is 6.42 Å². The van der Waals surface area contributed by atoms with E-state index in [1.165, 1.54) is 5.56 Å². The highest BCUT2D eigenvalue weighted by atomic mass is 32.2. The van der Waals surface area contributed by atoms with Crippen LogP contribution >= 0.6 is 11.8 Å². The number of benzene rings is 1. The fraction of sp³-hybridized carbons (Fsp3) is 0.455. The van der Waals surface area contributed by atoms with Crippen LogP contribution in [0.3, 0.4) is 0 Å². The smallest absolute Gasteiger partial charge is 0.135 e. The van der Waals surface area contributed by atoms with Gasteiger partial charge in [-0.25, -0.2) is 4.39 Å². The summed E-state index contributed by atoms with van der Waals surface area (Å²) in [5.41, 5.74) is 0.960. The molecule has 1 aromatic rings. The molecule has 0 amide bonds. The molecule has 1 aromatic carbocycles. The lowest BCUT2D eigenvalue weighted by Crippen LogP contribution is -2.21. The molecule has 1 aliphatic heterocycles. The molecule has 0 radical (unpaired) electrons. The summed E-state index contributed by atoms with van der Waals surface area (Å²) in [6.45, 7) is 3.73. The van der Waals surface area contributed by atoms with Gasteiger partial charge in [-0.1, -0.05) is 18.2 Å². The third-order valence-electron chi connectivity index (χ3n) is 2.59. The zero-order chi connectivity index (χ0) is 9.47. The predicted molar refractivity (Wildman–Crippen MR) is 55.0 cm³/mol. The molecule has 2 heteroatoms. The Morgan fingerprint density at radius 2 is 2.23 bits per heavy atom. The molecule has 0 bridgehead atoms. The predicted octanol–water partition coefficient (Wildman–Crippen LogP) is 3.68. The summed E-state index contributed by atoms with van der Waals surface area (Å²) in [6.07, 6.45) is 0.633. The number of hydrogen-bond donors (Lipinski definition) is 0. The van der Waals surface area contributed by atoms with Crippen LogP contribution in [0.4, 0.5) is 4.39 Å². The van der Waals surface area contributed by atoms with Crippen LogP contribution in [0.5, 0.6) is 0 Å². The van der Waals surface area contributed by atoms with E-state index in [1.807, 2.05) is 25.1 Å². The maximum absolute atomic E-state index is 14.0. The number of rotatable bonds is 0. The molecular weight excluding hydrogens is 183 g/mol. The molecular formula is C11H13FS. The van der Waals surface area contributed by atoms with Gasteiger partial charge >= 0.3 is 0 Å². The van der Waals surface area contributed by atoms with E-state index < -0.39 is 5.67 Å². The monoisotopic (exact) mass is 196 g/mol. The molecule has 1 atom stereocenters. The SMILES string of the molecule is Cc1cccc2c1SCCC2(C)F. The van der Waals surface area contributed by atoms with E-state index >= 15 is 0 Å². The highest BCUT2D eigenvalue weighted by Crippen LogP contribution is 2.43. The molecule has 70 valence electrons. The summed E-state index contributed by atoms with van der Waals surface area (Å²) in [7, 11) is 0. The largest absolute Gasteiger partial charge is 0.239 e. The molecule has 0 saturated heterocycles. The summed E-state index contributed by atoms with van der Waals surface area (Å²) in [6, 6.07) is 5.90. The zero-order valence-corrected chi connectivity index (χ0v) is 8.75. The van der Waals surface area contributed by atoms with Crippen molar-refractivity contribution >= 4 is 11.8 Å². The van der Waals surface area contributed by atoms with E-state index in [1.54, 1.807) is 18.7 Å². The van der Waals surface area contributed by atoms with Gasteiger partial charge in [-0.15, -0.1) is 11.8 Å². The molecule has 0 spiro atoms. The number of alkyl halides is 1. The van der Waals surface area contributed by atoms with Crippen molar-refractivity contribution in [3.05, 3.63) is 29.3 Å². The summed E-state index contributed by atoms with van der Waals surface area (Å²) >= 11 is 1.78. The fourth-order valence-electron chi connectivity index (χ4n) is 1.73. The third-order valence-corrected chi connectivity index (χ3v) is 3.83. The number of hydrogen-bond acceptors (Lipinski definition) is 1. The first-order valence-electron chi connectivity index (χ1n) is 4.53. The molecule has 1 unspecified atom stereocenters. The highest BCUT2D eigenvalue weighted by Gasteiger charge is 2.32. The minimum Gasteiger partial charge on any atom is -0.239 e. The molecule has 0 N–H and O–H groups in total. The van der Waals surface area contributed by atoms with Crippen LogP contribution in [0.25, 0.3) is 0 Å². The van der Waals surface area contributed by atoms with Gasteiger partial charge in [-0.3, -0.25) is 0 Å². The second-order valence-corrected chi connectivity index (χ2v) is 4.85. The number of halogens is 1. The topological polar surface area (TPSA) is 0 Å². The first-order valence-corrected chi connectivity index (χ1v) is 5.51. The van der Waals surface area contributed by atoms with E-state index in [9.17, 15) is 4.39 Å². The Morgan fingerprint density at radius 3 is 2.92 bits per heavy atom. The third kappa shape index (κ3) is 1.48. The van der Waals surface area contributed by atoms with Crippen LogP contribution in [-0.2, 0) is 5.67 Å². The highest BCUT2D eigenvalue weighted by molar-refractivity contribution is 7.99. The Balaban J connectivity index is 2.58. The Morgan fingerprint density at radius 1 is 1.46 bits per heavy atom. The van der Waals surface area contributed by atoms with Crippen LogP contribution in [0.1, 0.15) is 24.5 Å². The van der Waals surface area contributed by atoms with Crippen molar-refractivity contribution < 1.29 is 4.39 Å². The summed E-state index contributed by atoms with van der Waals surface area (Å²) in [5, 5.41) is 0. The van der Waals surface area contributed by atoms with Gasteiger partial charge in [0, 0.05) is 16.2 Å². The molecule has 1 aliphatic rings. The second-order valence-electron chi connectivity index (χ2n) is 3.75. The quantitative estimate of drug-likeness (QED) is 0.610. The van der Waals surface area contributed by atoms with Gasteiger partial charge in [-0.2, -0.15) is 0 Å². The minimum atomic E-state index is -1.12. The second kappa shape index (κ2) is 3.02. The van der Waals surface area contributed by atoms with Crippen molar-refractivity contribution in [3.8, 4) is 0 Å². The molecule has 0 aromatic heterocycles. The van der Waals surface area contributed by atoms with Gasteiger partial charge in [0.2, 0.25) is 0 Å². The summed E-state index contributed by atoms with van der Waals surface area (Å²) in [4.78, 5) is 1.15. The first-order chi connectivity index (χ1) is 6.11. The van der Waals surface area contributed by atoms with Crippen molar-refractivity contribution in [1.82, 2.24) is 0 Å². The van der Waals surface area contributed by atoms with Crippen LogP contribution in [0, 0.1) is 6.92 Å². The first kappa shape index (κ1) is 9.07. The van der Waals surface area contributed by atoms with E-state index in [0.717, 1.165) is 16.2 Å². The van der Waals surface area contributed by atoms with Gasteiger partial charge in [0.15, 0.2) is 0 Å². The Labute approximate surface area is 82.5 Å². The van der Waals surface area contributed by atoms with E-state index in [-0.39, 0.29) is 0 Å². The maximum atomic E-state index is 14.0. The molecule has 1 heterocycles. The molecule has 0 fully saturated rings. The Bertz CT molecular complexity index is 331. The van der Waals surface area contributed by atoms with Crippen molar-refractivity contribution in [1.29, 1.82) is 0 Å². The number of thioether (sulfide) groups is 1. The fourth-order valence-corrected chi connectivity index (χ4v) is 3.16. The normalized spacial score (nSPS) is 27.0. The van der Waals surface area contributed by atoms with Gasteiger partial charge in [-0.05, 0) is 25.8 Å². The van der Waals surface area contributed by atoms with Crippen LogP contribution < -0.4 is 0 Å². The van der Waals surface area contributed by atoms with Crippen molar-refractivity contribution in [2.24, 2.45) is 0 Å². The maximum Gasteiger partial charge on any atom is 0.135 e. The number of aryl methyl sites for hydroxylation is 1. The average molecular weight is 196 g/mol. The molecule has 0 aliphatic carbocycles. The molecule has 0 saturated carbocycles. The van der Waals surface area contributed by atoms with Crippen LogP contribution in [-0.4, -0.2) is 5.75 Å². The molecule has 0 nitrogen and oxygen atoms in total. The van der Waals surface area contributed by atoms with Crippen molar-refractivity contribution in [2.45, 2.75) is 30.8 Å². The van der Waals surface area contributed by atoms with Gasteiger partial charge in [0.1, 0.15) is 5.67 Å². The summed E-state index contributed by atoms with van der Waals surface area (Å²) < 4.78 is 14.0. The Kier molecular flexibility index (Phi) is 2.11. The average Bonchev–Trinajstić information content (AvgIpc) is 2.06. The van der Waals surface area contributed by atoms with Gasteiger partial charge < -0.3 is 0 Å². The minimum absolute atomic E-state index is 0.633. The van der Waals surface area contributed by atoms with Crippen molar-refractivity contribution in [3.63, 3.8) is 0 Å². The Hall–Kier alpha value is -0.500.